The molecule has 8 nitrogen and oxygen atoms in total. The van der Waals surface area contributed by atoms with Gasteiger partial charge in [-0.2, -0.15) is 0 Å². The molecule has 156 valence electrons. The molecule has 4 N–H and O–H groups in total. The van der Waals surface area contributed by atoms with Crippen LogP contribution < -0.4 is 16.1 Å². The highest BCUT2D eigenvalue weighted by molar-refractivity contribution is 5.93. The molecule has 0 aromatic rings. The molecule has 1 aliphatic heterocycles. The smallest absolute Gasteiger partial charge is 0.261 e. The van der Waals surface area contributed by atoms with Gasteiger partial charge in [0.1, 0.15) is 12.1 Å². The number of hydrogen-bond acceptors (Lipinski definition) is 5. The fourth-order valence-electron chi connectivity index (χ4n) is 3.65. The fourth-order valence-corrected chi connectivity index (χ4v) is 3.65. The van der Waals surface area contributed by atoms with Crippen molar-refractivity contribution in [3.05, 3.63) is 0 Å². The van der Waals surface area contributed by atoms with Gasteiger partial charge in [-0.25, -0.2) is 5.48 Å². The maximum atomic E-state index is 13.2. The zero-order valence-corrected chi connectivity index (χ0v) is 17.5. The van der Waals surface area contributed by atoms with Crippen LogP contribution in [-0.2, 0) is 14.4 Å². The first kappa shape index (κ1) is 23.4. The molecule has 3 amide bonds. The van der Waals surface area contributed by atoms with Gasteiger partial charge in [0.05, 0.1) is 5.92 Å². The highest BCUT2D eigenvalue weighted by Gasteiger charge is 2.41. The monoisotopic (exact) mass is 384 g/mol. The van der Waals surface area contributed by atoms with Crippen LogP contribution in [0.3, 0.4) is 0 Å². The minimum atomic E-state index is -0.759. The summed E-state index contributed by atoms with van der Waals surface area (Å²) in [7, 11) is 1.53. The van der Waals surface area contributed by atoms with Crippen molar-refractivity contribution >= 4 is 17.7 Å². The first-order valence-corrected chi connectivity index (χ1v) is 9.72. The van der Waals surface area contributed by atoms with Crippen LogP contribution in [0.4, 0.5) is 0 Å². The number of amides is 3. The highest BCUT2D eigenvalue weighted by Crippen LogP contribution is 2.26. The first-order chi connectivity index (χ1) is 12.5. The van der Waals surface area contributed by atoms with E-state index in [-0.39, 0.29) is 17.7 Å². The zero-order valence-electron chi connectivity index (χ0n) is 17.5. The first-order valence-electron chi connectivity index (χ1n) is 9.72. The molecule has 0 aromatic heterocycles. The van der Waals surface area contributed by atoms with Crippen LogP contribution in [0.1, 0.15) is 53.9 Å². The quantitative estimate of drug-likeness (QED) is 0.367. The van der Waals surface area contributed by atoms with Crippen LogP contribution in [0.15, 0.2) is 0 Å². The van der Waals surface area contributed by atoms with Crippen molar-refractivity contribution < 1.29 is 19.6 Å². The van der Waals surface area contributed by atoms with Gasteiger partial charge in [-0.05, 0) is 43.7 Å². The Morgan fingerprint density at radius 1 is 1.04 bits per heavy atom. The summed E-state index contributed by atoms with van der Waals surface area (Å²) < 4.78 is 0. The number of hydroxylamine groups is 1. The lowest BCUT2D eigenvalue weighted by atomic mass is 9.84. The lowest BCUT2D eigenvalue weighted by molar-refractivity contribution is -0.143. The van der Waals surface area contributed by atoms with Gasteiger partial charge in [-0.15, -0.1) is 0 Å². The van der Waals surface area contributed by atoms with E-state index in [2.05, 4.69) is 10.6 Å². The van der Waals surface area contributed by atoms with Gasteiger partial charge in [-0.3, -0.25) is 24.5 Å². The molecule has 0 bridgehead atoms. The van der Waals surface area contributed by atoms with E-state index in [1.165, 1.54) is 7.05 Å². The van der Waals surface area contributed by atoms with Gasteiger partial charge in [0.15, 0.2) is 0 Å². The van der Waals surface area contributed by atoms with E-state index < -0.39 is 29.3 Å². The van der Waals surface area contributed by atoms with Crippen molar-refractivity contribution in [2.45, 2.75) is 66.0 Å². The SMILES string of the molecule is CNC(=O)[C@@H](NC(=O)[C@H](CC(C)C)[C@@H](C(=O)NO)N1CCCC1)C(C)(C)C. The van der Waals surface area contributed by atoms with E-state index in [1.807, 2.05) is 39.5 Å². The number of likely N-dealkylation sites (tertiary alicyclic amines) is 1. The van der Waals surface area contributed by atoms with Crippen molar-refractivity contribution in [2.24, 2.45) is 17.3 Å². The number of nitrogens with zero attached hydrogens (tertiary/aromatic N) is 1. The van der Waals surface area contributed by atoms with Crippen molar-refractivity contribution in [3.8, 4) is 0 Å². The summed E-state index contributed by atoms with van der Waals surface area (Å²) in [6, 6.07) is -1.48. The second-order valence-corrected chi connectivity index (χ2v) is 8.82. The maximum Gasteiger partial charge on any atom is 0.261 e. The van der Waals surface area contributed by atoms with Gasteiger partial charge in [0.25, 0.3) is 5.91 Å². The molecule has 0 spiro atoms. The van der Waals surface area contributed by atoms with Gasteiger partial charge in [0, 0.05) is 7.05 Å². The van der Waals surface area contributed by atoms with Gasteiger partial charge in [-0.1, -0.05) is 34.6 Å². The largest absolute Gasteiger partial charge is 0.357 e. The number of nitrogens with one attached hydrogen (secondary N) is 3. The van der Waals surface area contributed by atoms with Gasteiger partial charge in [0.2, 0.25) is 11.8 Å². The molecule has 1 aliphatic rings. The van der Waals surface area contributed by atoms with Crippen molar-refractivity contribution in [1.29, 1.82) is 0 Å². The van der Waals surface area contributed by atoms with Crippen molar-refractivity contribution in [1.82, 2.24) is 21.0 Å². The molecule has 27 heavy (non-hydrogen) atoms. The maximum absolute atomic E-state index is 13.2. The number of likely N-dealkylation sites (N-methyl/N-ethyl adjacent to an activating group) is 1. The number of carbonyl (C=O) groups is 3. The van der Waals surface area contributed by atoms with E-state index in [0.717, 1.165) is 12.8 Å². The van der Waals surface area contributed by atoms with Crippen LogP contribution in [-0.4, -0.2) is 60.0 Å². The Balaban J connectivity index is 3.16. The average molecular weight is 385 g/mol. The lowest BCUT2D eigenvalue weighted by Crippen LogP contribution is -2.58. The summed E-state index contributed by atoms with van der Waals surface area (Å²) in [4.78, 5) is 39.9. The Kier molecular flexibility index (Phi) is 8.68. The molecule has 0 radical (unpaired) electrons. The minimum Gasteiger partial charge on any atom is -0.357 e. The van der Waals surface area contributed by atoms with Crippen LogP contribution in [0, 0.1) is 17.3 Å². The number of carbonyl (C=O) groups excluding carboxylic acids is 3. The van der Waals surface area contributed by atoms with Gasteiger partial charge >= 0.3 is 0 Å². The Bertz CT molecular complexity index is 524. The summed E-state index contributed by atoms with van der Waals surface area (Å²) in [5.41, 5.74) is 1.24. The number of rotatable bonds is 8. The van der Waals surface area contributed by atoms with Crippen LogP contribution in [0.2, 0.25) is 0 Å². The third-order valence-electron chi connectivity index (χ3n) is 5.02. The van der Waals surface area contributed by atoms with E-state index >= 15 is 0 Å². The molecular formula is C19H36N4O4. The molecule has 8 heteroatoms. The Morgan fingerprint density at radius 3 is 2.00 bits per heavy atom. The predicted octanol–water partition coefficient (Wildman–Crippen LogP) is 0.895. The molecule has 0 unspecified atom stereocenters. The molecule has 0 saturated carbocycles. The third kappa shape index (κ3) is 6.46. The Morgan fingerprint density at radius 2 is 1.59 bits per heavy atom. The molecule has 0 aliphatic carbocycles. The Hall–Kier alpha value is -1.67. The summed E-state index contributed by atoms with van der Waals surface area (Å²) in [6.45, 7) is 11.0. The summed E-state index contributed by atoms with van der Waals surface area (Å²) in [5, 5.41) is 14.7. The zero-order chi connectivity index (χ0) is 20.8. The third-order valence-corrected chi connectivity index (χ3v) is 5.02. The van der Waals surface area contributed by atoms with E-state index in [9.17, 15) is 19.6 Å². The van der Waals surface area contributed by atoms with Gasteiger partial charge < -0.3 is 10.6 Å². The average Bonchev–Trinajstić information content (AvgIpc) is 3.10. The molecule has 0 aromatic carbocycles. The van der Waals surface area contributed by atoms with E-state index in [1.54, 1.807) is 5.48 Å². The van der Waals surface area contributed by atoms with Crippen LogP contribution in [0.5, 0.6) is 0 Å². The predicted molar refractivity (Wildman–Crippen MR) is 103 cm³/mol. The second-order valence-electron chi connectivity index (χ2n) is 8.82. The second kappa shape index (κ2) is 10.0. The Labute approximate surface area is 162 Å². The number of hydrogen-bond donors (Lipinski definition) is 4. The molecule has 3 atom stereocenters. The standard InChI is InChI=1S/C19H36N4O4/c1-12(2)11-13(14(17(25)22-27)23-9-7-8-10-23)16(24)21-15(18(26)20-6)19(3,4)5/h12-15,27H,7-11H2,1-6H3,(H,20,26)(H,21,24)(H,22,25)/t13-,14+,15-/m1/s1. The molecule has 1 saturated heterocycles. The van der Waals surface area contributed by atoms with E-state index in [0.29, 0.717) is 19.5 Å². The molecule has 1 fully saturated rings. The van der Waals surface area contributed by atoms with Crippen LogP contribution >= 0.6 is 0 Å². The molecular weight excluding hydrogens is 348 g/mol. The van der Waals surface area contributed by atoms with Crippen molar-refractivity contribution in [3.63, 3.8) is 0 Å². The van der Waals surface area contributed by atoms with Crippen LogP contribution in [0.25, 0.3) is 0 Å². The normalized spacial score (nSPS) is 18.7. The highest BCUT2D eigenvalue weighted by atomic mass is 16.5. The fraction of sp³-hybridized carbons (Fsp3) is 0.842. The topological polar surface area (TPSA) is 111 Å². The molecule has 1 heterocycles. The summed E-state index contributed by atoms with van der Waals surface area (Å²) in [5.74, 6) is -1.68. The van der Waals surface area contributed by atoms with Crippen molar-refractivity contribution in [2.75, 3.05) is 20.1 Å². The molecule has 1 rings (SSSR count). The van der Waals surface area contributed by atoms with E-state index in [4.69, 9.17) is 0 Å². The summed E-state index contributed by atoms with van der Waals surface area (Å²) >= 11 is 0. The minimum absolute atomic E-state index is 0.172. The lowest BCUT2D eigenvalue weighted by Gasteiger charge is -2.36. The summed E-state index contributed by atoms with van der Waals surface area (Å²) in [6.07, 6.45) is 2.38.